The first-order valence-electron chi connectivity index (χ1n) is 14.6. The number of carbonyl (C=O) groups excluding carboxylic acids is 1. The highest BCUT2D eigenvalue weighted by atomic mass is 16.5. The third-order valence-electron chi connectivity index (χ3n) is 13.1. The number of carboxylic acids is 1. The highest BCUT2D eigenvalue weighted by Crippen LogP contribution is 2.76. The van der Waals surface area contributed by atoms with E-state index < -0.39 is 11.4 Å². The molecule has 4 nitrogen and oxygen atoms in total. The van der Waals surface area contributed by atoms with Gasteiger partial charge in [0.15, 0.2) is 0 Å². The van der Waals surface area contributed by atoms with Crippen LogP contribution in [0.5, 0.6) is 0 Å². The quantitative estimate of drug-likeness (QED) is 0.311. The molecule has 4 saturated carbocycles. The maximum absolute atomic E-state index is 13.6. The van der Waals surface area contributed by atoms with Gasteiger partial charge in [0.2, 0.25) is 0 Å². The Balaban J connectivity index is 1.59. The molecule has 0 heterocycles. The van der Waals surface area contributed by atoms with Crippen LogP contribution in [0, 0.1) is 50.2 Å². The second kappa shape index (κ2) is 7.85. The lowest BCUT2D eigenvalue weighted by Crippen LogP contribution is -2.67. The van der Waals surface area contributed by atoms with Crippen LogP contribution in [0.3, 0.4) is 0 Å². The molecule has 36 heavy (non-hydrogen) atoms. The summed E-state index contributed by atoms with van der Waals surface area (Å²) in [6, 6.07) is 0. The van der Waals surface area contributed by atoms with Crippen LogP contribution in [-0.2, 0) is 14.3 Å². The molecule has 0 bridgehead atoms. The van der Waals surface area contributed by atoms with Crippen molar-refractivity contribution in [3.63, 3.8) is 0 Å². The molecule has 0 aromatic heterocycles. The normalized spacial score (nSPS) is 48.8. The number of carbonyl (C=O) groups is 2. The minimum Gasteiger partial charge on any atom is -0.481 e. The summed E-state index contributed by atoms with van der Waals surface area (Å²) in [6.45, 7) is 18.1. The average Bonchev–Trinajstić information content (AvgIpc) is 2.75. The first-order valence-corrected chi connectivity index (χ1v) is 14.6. The van der Waals surface area contributed by atoms with Gasteiger partial charge < -0.3 is 9.84 Å². The van der Waals surface area contributed by atoms with E-state index >= 15 is 0 Å². The molecule has 5 aliphatic rings. The zero-order valence-electron chi connectivity index (χ0n) is 24.1. The van der Waals surface area contributed by atoms with Gasteiger partial charge in [-0.2, -0.15) is 0 Å². The SMILES string of the molecule is CC(=O)O[C@H]1CC[C@@]2(C)C(CC[C@]3(C)[C@@H]2CC=C2C4CC(C)(C)CC[C@]4(C)CC[C@]23C(=O)O)C1(C)C. The van der Waals surface area contributed by atoms with E-state index in [2.05, 4.69) is 54.5 Å². The molecule has 0 radical (unpaired) electrons. The Bertz CT molecular complexity index is 992. The molecule has 8 atom stereocenters. The molecule has 0 saturated heterocycles. The van der Waals surface area contributed by atoms with Crippen LogP contribution in [0.1, 0.15) is 120 Å². The lowest BCUT2D eigenvalue weighted by atomic mass is 9.33. The Morgan fingerprint density at radius 1 is 0.889 bits per heavy atom. The first-order chi connectivity index (χ1) is 16.5. The van der Waals surface area contributed by atoms with Crippen LogP contribution in [0.4, 0.5) is 0 Å². The number of hydrogen-bond acceptors (Lipinski definition) is 3. The van der Waals surface area contributed by atoms with Crippen LogP contribution < -0.4 is 0 Å². The summed E-state index contributed by atoms with van der Waals surface area (Å²) in [5.41, 5.74) is 0.732. The van der Waals surface area contributed by atoms with Crippen molar-refractivity contribution in [2.75, 3.05) is 0 Å². The predicted molar refractivity (Wildman–Crippen MR) is 142 cm³/mol. The Kier molecular flexibility index (Phi) is 5.74. The molecule has 1 N–H and O–H groups in total. The van der Waals surface area contributed by atoms with E-state index in [1.807, 2.05) is 0 Å². The number of hydrogen-bond donors (Lipinski definition) is 1. The predicted octanol–water partition coefficient (Wildman–Crippen LogP) is 7.80. The highest BCUT2D eigenvalue weighted by Gasteiger charge is 2.71. The van der Waals surface area contributed by atoms with Gasteiger partial charge in [0.05, 0.1) is 5.41 Å². The fourth-order valence-electron chi connectivity index (χ4n) is 11.0. The van der Waals surface area contributed by atoms with E-state index in [9.17, 15) is 14.7 Å². The Morgan fingerprint density at radius 2 is 1.56 bits per heavy atom. The molecule has 5 rings (SSSR count). The van der Waals surface area contributed by atoms with Gasteiger partial charge >= 0.3 is 11.9 Å². The number of esters is 1. The number of allylic oxidation sites excluding steroid dienone is 1. The van der Waals surface area contributed by atoms with Crippen LogP contribution in [-0.4, -0.2) is 23.1 Å². The van der Waals surface area contributed by atoms with Gasteiger partial charge in [-0.3, -0.25) is 9.59 Å². The van der Waals surface area contributed by atoms with Crippen LogP contribution in [0.2, 0.25) is 0 Å². The summed E-state index contributed by atoms with van der Waals surface area (Å²) >= 11 is 0. The lowest BCUT2D eigenvalue weighted by Gasteiger charge is -2.70. The number of fused-ring (bicyclic) bond motifs is 7. The third-order valence-corrected chi connectivity index (χ3v) is 13.1. The monoisotopic (exact) mass is 498 g/mol. The van der Waals surface area contributed by atoms with Crippen molar-refractivity contribution in [2.45, 2.75) is 126 Å². The molecule has 0 amide bonds. The largest absolute Gasteiger partial charge is 0.481 e. The molecule has 0 aromatic rings. The van der Waals surface area contributed by atoms with E-state index in [1.54, 1.807) is 0 Å². The summed E-state index contributed by atoms with van der Waals surface area (Å²) in [5, 5.41) is 11.2. The number of aliphatic carboxylic acids is 1. The summed E-state index contributed by atoms with van der Waals surface area (Å²) in [5.74, 6) is 0.381. The highest BCUT2D eigenvalue weighted by molar-refractivity contribution is 5.81. The maximum Gasteiger partial charge on any atom is 0.314 e. The number of ether oxygens (including phenoxy) is 1. The Hall–Kier alpha value is -1.32. The zero-order valence-corrected chi connectivity index (χ0v) is 24.1. The van der Waals surface area contributed by atoms with Crippen molar-refractivity contribution in [3.05, 3.63) is 11.6 Å². The molecule has 2 unspecified atom stereocenters. The summed E-state index contributed by atoms with van der Waals surface area (Å²) in [4.78, 5) is 25.5. The molecule has 0 aromatic carbocycles. The van der Waals surface area contributed by atoms with Gasteiger partial charge in [-0.05, 0) is 104 Å². The molecular formula is C32H50O4. The molecule has 4 heteroatoms. The average molecular weight is 499 g/mol. The Morgan fingerprint density at radius 3 is 2.19 bits per heavy atom. The molecule has 4 fully saturated rings. The molecule has 0 aliphatic heterocycles. The number of rotatable bonds is 2. The zero-order chi connectivity index (χ0) is 26.5. The van der Waals surface area contributed by atoms with Crippen molar-refractivity contribution >= 4 is 11.9 Å². The minimum atomic E-state index is -0.752. The van der Waals surface area contributed by atoms with Crippen LogP contribution >= 0.6 is 0 Å². The van der Waals surface area contributed by atoms with Crippen molar-refractivity contribution in [1.29, 1.82) is 0 Å². The number of carboxylic acid groups (broad SMARTS) is 1. The maximum atomic E-state index is 13.6. The standard InChI is InChI=1S/C32H50O4/c1-20(33)36-25-12-13-30(7)23(28(25,4)5)11-14-31(8)24(30)10-9-21-22-19-27(2,3)15-16-29(22,6)17-18-32(21,31)26(34)35/h9,22-25H,10-19H2,1-8H3,(H,34,35)/t22?,23?,24-,25+,29-,30+,31-,32-/m1/s1. The smallest absolute Gasteiger partial charge is 0.314 e. The van der Waals surface area contributed by atoms with Gasteiger partial charge in [-0.15, -0.1) is 0 Å². The van der Waals surface area contributed by atoms with E-state index in [0.29, 0.717) is 17.8 Å². The fourth-order valence-corrected chi connectivity index (χ4v) is 11.0. The van der Waals surface area contributed by atoms with E-state index in [0.717, 1.165) is 51.4 Å². The van der Waals surface area contributed by atoms with Gasteiger partial charge in [-0.1, -0.05) is 60.1 Å². The fraction of sp³-hybridized carbons (Fsp3) is 0.875. The third kappa shape index (κ3) is 3.30. The second-order valence-electron chi connectivity index (χ2n) is 15.7. The molecule has 0 spiro atoms. The van der Waals surface area contributed by atoms with E-state index in [-0.39, 0.29) is 39.1 Å². The minimum absolute atomic E-state index is 0.0458. The molecule has 202 valence electrons. The van der Waals surface area contributed by atoms with Crippen molar-refractivity contribution < 1.29 is 19.4 Å². The van der Waals surface area contributed by atoms with Crippen molar-refractivity contribution in [2.24, 2.45) is 50.2 Å². The first kappa shape index (κ1) is 26.3. The summed E-state index contributed by atoms with van der Waals surface area (Å²) < 4.78 is 5.85. The van der Waals surface area contributed by atoms with Crippen molar-refractivity contribution in [3.8, 4) is 0 Å². The van der Waals surface area contributed by atoms with Gasteiger partial charge in [-0.25, -0.2) is 0 Å². The van der Waals surface area contributed by atoms with E-state index in [4.69, 9.17) is 4.74 Å². The van der Waals surface area contributed by atoms with Gasteiger partial charge in [0, 0.05) is 12.3 Å². The summed E-state index contributed by atoms with van der Waals surface area (Å²) in [7, 11) is 0. The second-order valence-corrected chi connectivity index (χ2v) is 15.7. The molecular weight excluding hydrogens is 448 g/mol. The summed E-state index contributed by atoms with van der Waals surface area (Å²) in [6.07, 6.45) is 12.6. The van der Waals surface area contributed by atoms with Crippen LogP contribution in [0.25, 0.3) is 0 Å². The van der Waals surface area contributed by atoms with Gasteiger partial charge in [0.1, 0.15) is 6.10 Å². The van der Waals surface area contributed by atoms with E-state index in [1.165, 1.54) is 25.3 Å². The van der Waals surface area contributed by atoms with Crippen molar-refractivity contribution in [1.82, 2.24) is 0 Å². The molecule has 5 aliphatic carbocycles. The lowest BCUT2D eigenvalue weighted by molar-refractivity contribution is -0.219. The Labute approximate surface area is 219 Å². The topological polar surface area (TPSA) is 63.6 Å². The van der Waals surface area contributed by atoms with Gasteiger partial charge in [0.25, 0.3) is 0 Å². The van der Waals surface area contributed by atoms with Crippen LogP contribution in [0.15, 0.2) is 11.6 Å².